The Bertz CT molecular complexity index is 440. The molecule has 2 aliphatic carbocycles. The number of pyridine rings is 1. The average molecular weight is 181 g/mol. The van der Waals surface area contributed by atoms with Gasteiger partial charge in [0.15, 0.2) is 0 Å². The second-order valence-electron chi connectivity index (χ2n) is 3.71. The number of rotatable bonds is 0. The highest BCUT2D eigenvalue weighted by molar-refractivity contribution is 5.58. The van der Waals surface area contributed by atoms with Gasteiger partial charge in [0.25, 0.3) is 0 Å². The van der Waals surface area contributed by atoms with Crippen molar-refractivity contribution in [2.75, 3.05) is 0 Å². The molecule has 14 heavy (non-hydrogen) atoms. The summed E-state index contributed by atoms with van der Waals surface area (Å²) >= 11 is 0. The van der Waals surface area contributed by atoms with Crippen LogP contribution in [0.3, 0.4) is 0 Å². The van der Waals surface area contributed by atoms with E-state index in [1.807, 2.05) is 12.3 Å². The van der Waals surface area contributed by atoms with Gasteiger partial charge in [-0.1, -0.05) is 42.5 Å². The number of fused-ring (bicyclic) bond motifs is 3. The van der Waals surface area contributed by atoms with Crippen molar-refractivity contribution in [2.45, 2.75) is 5.92 Å². The van der Waals surface area contributed by atoms with Crippen LogP contribution >= 0.6 is 0 Å². The topological polar surface area (TPSA) is 12.9 Å². The van der Waals surface area contributed by atoms with Gasteiger partial charge in [0, 0.05) is 18.0 Å². The van der Waals surface area contributed by atoms with Crippen molar-refractivity contribution < 1.29 is 0 Å². The molecule has 1 aromatic heterocycles. The van der Waals surface area contributed by atoms with Crippen LogP contribution in [0.5, 0.6) is 0 Å². The Morgan fingerprint density at radius 1 is 1.07 bits per heavy atom. The van der Waals surface area contributed by atoms with Crippen LogP contribution in [0.2, 0.25) is 0 Å². The molecule has 2 aliphatic rings. The fourth-order valence-corrected chi connectivity index (χ4v) is 2.15. The minimum absolute atomic E-state index is 0.446. The molecule has 0 radical (unpaired) electrons. The van der Waals surface area contributed by atoms with Crippen molar-refractivity contribution in [3.63, 3.8) is 0 Å². The van der Waals surface area contributed by atoms with E-state index in [0.717, 1.165) is 0 Å². The van der Waals surface area contributed by atoms with Gasteiger partial charge in [-0.3, -0.25) is 4.98 Å². The maximum Gasteiger partial charge on any atom is 0.0553 e. The quantitative estimate of drug-likeness (QED) is 0.599. The van der Waals surface area contributed by atoms with Crippen molar-refractivity contribution in [3.8, 4) is 0 Å². The van der Waals surface area contributed by atoms with Crippen LogP contribution in [-0.4, -0.2) is 4.98 Å². The van der Waals surface area contributed by atoms with Crippen molar-refractivity contribution in [2.24, 2.45) is 5.92 Å². The Morgan fingerprint density at radius 2 is 2.00 bits per heavy atom. The lowest BCUT2D eigenvalue weighted by molar-refractivity contribution is 0.671. The van der Waals surface area contributed by atoms with Crippen molar-refractivity contribution >= 4 is 6.08 Å². The largest absolute Gasteiger partial charge is 0.260 e. The predicted octanol–water partition coefficient (Wildman–Crippen LogP) is 2.93. The van der Waals surface area contributed by atoms with Crippen LogP contribution < -0.4 is 0 Å². The molecule has 2 unspecified atom stereocenters. The molecular formula is C13H11N. The maximum absolute atomic E-state index is 4.47. The minimum Gasteiger partial charge on any atom is -0.260 e. The molecule has 0 saturated heterocycles. The summed E-state index contributed by atoms with van der Waals surface area (Å²) in [5.41, 5.74) is 2.47. The Balaban J connectivity index is 2.15. The summed E-state index contributed by atoms with van der Waals surface area (Å²) in [6, 6.07) is 4.12. The number of aromatic nitrogens is 1. The monoisotopic (exact) mass is 181 g/mol. The van der Waals surface area contributed by atoms with E-state index in [-0.39, 0.29) is 0 Å². The van der Waals surface area contributed by atoms with Gasteiger partial charge in [-0.15, -0.1) is 0 Å². The van der Waals surface area contributed by atoms with Gasteiger partial charge >= 0.3 is 0 Å². The van der Waals surface area contributed by atoms with Crippen LogP contribution in [0.1, 0.15) is 17.2 Å². The van der Waals surface area contributed by atoms with E-state index in [9.17, 15) is 0 Å². The van der Waals surface area contributed by atoms with E-state index >= 15 is 0 Å². The first kappa shape index (κ1) is 7.74. The van der Waals surface area contributed by atoms with Crippen LogP contribution in [0.15, 0.2) is 48.7 Å². The Morgan fingerprint density at radius 3 is 3.00 bits per heavy atom. The zero-order valence-corrected chi connectivity index (χ0v) is 7.80. The highest BCUT2D eigenvalue weighted by Crippen LogP contribution is 2.35. The van der Waals surface area contributed by atoms with E-state index < -0.39 is 0 Å². The first-order valence-corrected chi connectivity index (χ1v) is 4.93. The highest BCUT2D eigenvalue weighted by Gasteiger charge is 2.24. The molecule has 1 heterocycles. The second-order valence-corrected chi connectivity index (χ2v) is 3.71. The molecule has 0 spiro atoms. The first-order chi connectivity index (χ1) is 6.95. The van der Waals surface area contributed by atoms with Crippen LogP contribution in [0, 0.1) is 5.92 Å². The molecule has 0 bridgehead atoms. The van der Waals surface area contributed by atoms with Gasteiger partial charge in [0.05, 0.1) is 5.69 Å². The Labute approximate surface area is 83.5 Å². The van der Waals surface area contributed by atoms with Crippen molar-refractivity contribution in [1.29, 1.82) is 0 Å². The van der Waals surface area contributed by atoms with E-state index in [1.54, 1.807) is 0 Å². The average Bonchev–Trinajstić information content (AvgIpc) is 2.29. The molecule has 0 fully saturated rings. The van der Waals surface area contributed by atoms with Crippen LogP contribution in [0.25, 0.3) is 6.08 Å². The lowest BCUT2D eigenvalue weighted by atomic mass is 9.80. The fraction of sp³-hybridized carbons (Fsp3) is 0.154. The van der Waals surface area contributed by atoms with Gasteiger partial charge in [0.2, 0.25) is 0 Å². The third kappa shape index (κ3) is 1.06. The molecule has 1 heteroatoms. The third-order valence-corrected chi connectivity index (χ3v) is 2.86. The molecule has 0 amide bonds. The fourth-order valence-electron chi connectivity index (χ4n) is 2.15. The Kier molecular flexibility index (Phi) is 1.63. The summed E-state index contributed by atoms with van der Waals surface area (Å²) in [5, 5.41) is 0. The highest BCUT2D eigenvalue weighted by atomic mass is 14.7. The zero-order valence-electron chi connectivity index (χ0n) is 7.80. The van der Waals surface area contributed by atoms with Gasteiger partial charge in [-0.25, -0.2) is 0 Å². The third-order valence-electron chi connectivity index (χ3n) is 2.86. The minimum atomic E-state index is 0.446. The number of hydrogen-bond acceptors (Lipinski definition) is 1. The van der Waals surface area contributed by atoms with Gasteiger partial charge < -0.3 is 0 Å². The maximum atomic E-state index is 4.47. The molecular weight excluding hydrogens is 170 g/mol. The number of nitrogens with zero attached hydrogens (tertiary/aromatic N) is 1. The van der Waals surface area contributed by atoms with E-state index in [0.29, 0.717) is 11.8 Å². The zero-order chi connectivity index (χ0) is 9.38. The molecule has 0 saturated carbocycles. The lowest BCUT2D eigenvalue weighted by Crippen LogP contribution is -2.14. The summed E-state index contributed by atoms with van der Waals surface area (Å²) in [6.45, 7) is 0. The van der Waals surface area contributed by atoms with Crippen LogP contribution in [0.4, 0.5) is 0 Å². The first-order valence-electron chi connectivity index (χ1n) is 4.93. The molecule has 68 valence electrons. The molecule has 0 aliphatic heterocycles. The Hall–Kier alpha value is -1.63. The molecule has 3 rings (SSSR count). The predicted molar refractivity (Wildman–Crippen MR) is 57.8 cm³/mol. The second kappa shape index (κ2) is 2.95. The molecule has 2 atom stereocenters. The molecule has 0 N–H and O–H groups in total. The van der Waals surface area contributed by atoms with Gasteiger partial charge in [-0.05, 0) is 11.6 Å². The van der Waals surface area contributed by atoms with E-state index in [4.69, 9.17) is 0 Å². The smallest absolute Gasteiger partial charge is 0.0553 e. The van der Waals surface area contributed by atoms with Crippen molar-refractivity contribution in [1.82, 2.24) is 4.98 Å². The van der Waals surface area contributed by atoms with E-state index in [1.165, 1.54) is 11.3 Å². The summed E-state index contributed by atoms with van der Waals surface area (Å²) in [4.78, 5) is 4.47. The van der Waals surface area contributed by atoms with Crippen molar-refractivity contribution in [3.05, 3.63) is 60.0 Å². The summed E-state index contributed by atoms with van der Waals surface area (Å²) < 4.78 is 0. The molecule has 1 nitrogen and oxygen atoms in total. The van der Waals surface area contributed by atoms with E-state index in [2.05, 4.69) is 47.5 Å². The van der Waals surface area contributed by atoms with Crippen LogP contribution in [-0.2, 0) is 0 Å². The molecule has 1 aromatic rings. The standard InChI is InChI=1S/C13H11N/c1-2-6-12-10(4-1)7-8-11-5-3-9-14-13(11)12/h1-10,12H. The summed E-state index contributed by atoms with van der Waals surface area (Å²) in [5.74, 6) is 0.948. The normalized spacial score (nSPS) is 27.1. The lowest BCUT2D eigenvalue weighted by Gasteiger charge is -2.25. The van der Waals surface area contributed by atoms with Gasteiger partial charge in [-0.2, -0.15) is 0 Å². The summed E-state index contributed by atoms with van der Waals surface area (Å²) in [6.07, 6.45) is 15.0. The molecule has 0 aromatic carbocycles. The van der Waals surface area contributed by atoms with Gasteiger partial charge in [0.1, 0.15) is 0 Å². The number of hydrogen-bond donors (Lipinski definition) is 0. The number of allylic oxidation sites excluding steroid dienone is 5. The SMILES string of the molecule is C1=CC2C=Cc3cccnc3C2C=C1. The summed E-state index contributed by atoms with van der Waals surface area (Å²) in [7, 11) is 0.